The number of carbonyl (C=O) groups is 1. The third kappa shape index (κ3) is 3.98. The quantitative estimate of drug-likeness (QED) is 0.295. The van der Waals surface area contributed by atoms with E-state index in [2.05, 4.69) is 13.2 Å². The van der Waals surface area contributed by atoms with Crippen molar-refractivity contribution in [2.24, 2.45) is 0 Å². The average Bonchev–Trinajstić information content (AvgIpc) is 2.45. The van der Waals surface area contributed by atoms with Crippen LogP contribution in [0.5, 0.6) is 5.75 Å². The number of ether oxygens (including phenoxy) is 1. The van der Waals surface area contributed by atoms with Gasteiger partial charge in [0.25, 0.3) is 0 Å². The Balaban J connectivity index is 2.91. The highest BCUT2D eigenvalue weighted by Crippen LogP contribution is 2.48. The summed E-state index contributed by atoms with van der Waals surface area (Å²) in [5.41, 5.74) is -0.723. The summed E-state index contributed by atoms with van der Waals surface area (Å²) < 4.78 is 83.5. The van der Waals surface area contributed by atoms with E-state index in [0.717, 1.165) is 0 Å². The van der Waals surface area contributed by atoms with Gasteiger partial charge >= 0.3 is 23.7 Å². The molecular weight excluding hydrogens is 338 g/mol. The number of benzene rings is 1. The van der Waals surface area contributed by atoms with Crippen LogP contribution in [0.25, 0.3) is 6.08 Å². The van der Waals surface area contributed by atoms with Crippen molar-refractivity contribution in [1.82, 2.24) is 0 Å². The zero-order valence-electron chi connectivity index (χ0n) is 12.6. The van der Waals surface area contributed by atoms with Gasteiger partial charge in [-0.3, -0.25) is 0 Å². The Kier molecular flexibility index (Phi) is 5.53. The van der Waals surface area contributed by atoms with Crippen LogP contribution in [0, 0.1) is 0 Å². The van der Waals surface area contributed by atoms with Gasteiger partial charge in [-0.25, -0.2) is 4.79 Å². The minimum Gasteiger partial charge on any atom is -0.423 e. The van der Waals surface area contributed by atoms with E-state index in [1.54, 1.807) is 6.07 Å². The molecule has 0 unspecified atom stereocenters. The van der Waals surface area contributed by atoms with Crippen LogP contribution in [0.1, 0.15) is 18.9 Å². The first-order valence-corrected chi connectivity index (χ1v) is 6.58. The maximum Gasteiger partial charge on any atom is 0.371 e. The first-order valence-electron chi connectivity index (χ1n) is 6.58. The van der Waals surface area contributed by atoms with Crippen molar-refractivity contribution in [2.75, 3.05) is 0 Å². The molecule has 0 saturated carbocycles. The van der Waals surface area contributed by atoms with E-state index in [1.165, 1.54) is 24.3 Å². The predicted octanol–water partition coefficient (Wildman–Crippen LogP) is 5.11. The van der Waals surface area contributed by atoms with Gasteiger partial charge in [0, 0.05) is 24.5 Å². The minimum absolute atomic E-state index is 0.0606. The number of hydrogen-bond acceptors (Lipinski definition) is 2. The molecule has 24 heavy (non-hydrogen) atoms. The van der Waals surface area contributed by atoms with Gasteiger partial charge in [0.2, 0.25) is 0 Å². The molecule has 0 aliphatic heterocycles. The minimum atomic E-state index is -5.65. The number of halogens is 6. The number of alkyl halides is 6. The molecule has 0 aliphatic carbocycles. The van der Waals surface area contributed by atoms with E-state index in [-0.39, 0.29) is 12.7 Å². The molecule has 8 heteroatoms. The molecule has 0 bridgehead atoms. The van der Waals surface area contributed by atoms with Crippen molar-refractivity contribution in [3.05, 3.63) is 48.6 Å². The Bertz CT molecular complexity index is 646. The lowest BCUT2D eigenvalue weighted by Crippen LogP contribution is -2.53. The molecular formula is C16H14F6O2. The molecule has 132 valence electrons. The van der Waals surface area contributed by atoms with Gasteiger partial charge in [0.15, 0.2) is 0 Å². The van der Waals surface area contributed by atoms with E-state index < -0.39 is 35.7 Å². The first kappa shape index (κ1) is 19.8. The van der Waals surface area contributed by atoms with E-state index in [0.29, 0.717) is 5.56 Å². The Labute approximate surface area is 134 Å². The molecule has 0 saturated heterocycles. The number of carbonyl (C=O) groups excluding carboxylic acids is 1. The summed E-state index contributed by atoms with van der Waals surface area (Å²) in [5.74, 6) is -17.3. The van der Waals surface area contributed by atoms with E-state index in [1.807, 2.05) is 0 Å². The van der Waals surface area contributed by atoms with E-state index in [9.17, 15) is 31.1 Å². The topological polar surface area (TPSA) is 26.3 Å². The summed E-state index contributed by atoms with van der Waals surface area (Å²) in [4.78, 5) is 11.7. The van der Waals surface area contributed by atoms with Crippen LogP contribution in [0.3, 0.4) is 0 Å². The van der Waals surface area contributed by atoms with Gasteiger partial charge in [-0.05, 0) is 6.07 Å². The highest BCUT2D eigenvalue weighted by molar-refractivity contribution is 5.90. The second-order valence-electron chi connectivity index (χ2n) is 5.08. The molecule has 1 rings (SSSR count). The Morgan fingerprint density at radius 3 is 2.21 bits per heavy atom. The largest absolute Gasteiger partial charge is 0.423 e. The molecule has 0 spiro atoms. The molecule has 0 amide bonds. The lowest BCUT2D eigenvalue weighted by molar-refractivity contribution is -0.301. The van der Waals surface area contributed by atoms with Gasteiger partial charge in [-0.15, -0.1) is 0 Å². The number of rotatable bonds is 7. The van der Waals surface area contributed by atoms with Crippen molar-refractivity contribution in [1.29, 1.82) is 0 Å². The number of esters is 1. The summed E-state index contributed by atoms with van der Waals surface area (Å²) in [5, 5.41) is 0. The molecule has 0 aliphatic rings. The number of hydrogen-bond donors (Lipinski definition) is 0. The first-order chi connectivity index (χ1) is 10.8. The van der Waals surface area contributed by atoms with Crippen LogP contribution in [0.15, 0.2) is 43.0 Å². The molecule has 0 atom stereocenters. The van der Waals surface area contributed by atoms with E-state index >= 15 is 0 Å². The normalized spacial score (nSPS) is 12.6. The Morgan fingerprint density at radius 1 is 1.17 bits per heavy atom. The fraction of sp³-hybridized carbons (Fsp3) is 0.312. The third-order valence-corrected chi connectivity index (χ3v) is 3.08. The standard InChI is InChI=1S/C16H14F6O2/c1-4-11-7-5-6-8-12(11)24-13(23)10(2)9-15(19,20)16(21,22)14(3,17)18/h4-8H,1-2,9H2,3H3. The number of para-hydroxylation sites is 1. The van der Waals surface area contributed by atoms with Crippen molar-refractivity contribution >= 4 is 12.0 Å². The van der Waals surface area contributed by atoms with Crippen molar-refractivity contribution in [3.8, 4) is 5.75 Å². The maximum absolute atomic E-state index is 13.5. The summed E-state index contributed by atoms with van der Waals surface area (Å²) in [6.45, 7) is 6.04. The lowest BCUT2D eigenvalue weighted by atomic mass is 9.99. The van der Waals surface area contributed by atoms with Crippen molar-refractivity contribution in [3.63, 3.8) is 0 Å². The fourth-order valence-electron chi connectivity index (χ4n) is 1.69. The van der Waals surface area contributed by atoms with Crippen LogP contribution in [0.2, 0.25) is 0 Å². The predicted molar refractivity (Wildman–Crippen MR) is 76.4 cm³/mol. The molecule has 1 aromatic rings. The monoisotopic (exact) mass is 352 g/mol. The molecule has 0 radical (unpaired) electrons. The summed E-state index contributed by atoms with van der Waals surface area (Å²) >= 11 is 0. The molecule has 0 aromatic heterocycles. The van der Waals surface area contributed by atoms with Crippen LogP contribution in [-0.2, 0) is 4.79 Å². The van der Waals surface area contributed by atoms with Gasteiger partial charge in [-0.1, -0.05) is 37.4 Å². The summed E-state index contributed by atoms with van der Waals surface area (Å²) in [6, 6.07) is 5.87. The molecule has 2 nitrogen and oxygen atoms in total. The second kappa shape index (κ2) is 6.70. The Morgan fingerprint density at radius 2 is 1.71 bits per heavy atom. The summed E-state index contributed by atoms with van der Waals surface area (Å²) in [7, 11) is 0. The van der Waals surface area contributed by atoms with Gasteiger partial charge in [0.05, 0.1) is 0 Å². The van der Waals surface area contributed by atoms with Gasteiger partial charge < -0.3 is 4.74 Å². The zero-order chi connectivity index (χ0) is 18.8. The second-order valence-corrected chi connectivity index (χ2v) is 5.08. The molecule has 0 heterocycles. The lowest BCUT2D eigenvalue weighted by Gasteiger charge is -2.30. The maximum atomic E-state index is 13.5. The average molecular weight is 352 g/mol. The summed E-state index contributed by atoms with van der Waals surface area (Å²) in [6.07, 6.45) is -0.662. The highest BCUT2D eigenvalue weighted by atomic mass is 19.3. The molecule has 1 aromatic carbocycles. The Hall–Kier alpha value is -2.25. The van der Waals surface area contributed by atoms with Gasteiger partial charge in [-0.2, -0.15) is 26.3 Å². The van der Waals surface area contributed by atoms with Crippen LogP contribution < -0.4 is 4.74 Å². The van der Waals surface area contributed by atoms with Gasteiger partial charge in [0.1, 0.15) is 5.75 Å². The highest BCUT2D eigenvalue weighted by Gasteiger charge is 2.69. The van der Waals surface area contributed by atoms with Crippen molar-refractivity contribution < 1.29 is 35.9 Å². The van der Waals surface area contributed by atoms with Crippen LogP contribution in [-0.4, -0.2) is 23.7 Å². The SMILES string of the molecule is C=Cc1ccccc1OC(=O)C(=C)CC(F)(F)C(F)(F)C(C)(F)F. The van der Waals surface area contributed by atoms with Crippen LogP contribution in [0.4, 0.5) is 26.3 Å². The third-order valence-electron chi connectivity index (χ3n) is 3.08. The molecule has 0 N–H and O–H groups in total. The zero-order valence-corrected chi connectivity index (χ0v) is 12.6. The van der Waals surface area contributed by atoms with Crippen molar-refractivity contribution in [2.45, 2.75) is 31.1 Å². The fourth-order valence-corrected chi connectivity index (χ4v) is 1.69. The molecule has 0 fully saturated rings. The smallest absolute Gasteiger partial charge is 0.371 e. The van der Waals surface area contributed by atoms with E-state index in [4.69, 9.17) is 4.74 Å². The van der Waals surface area contributed by atoms with Crippen LogP contribution >= 0.6 is 0 Å².